The minimum Gasteiger partial charge on any atom is -0.337 e. The van der Waals surface area contributed by atoms with Crippen molar-refractivity contribution in [3.8, 4) is 33.9 Å². The first-order valence-electron chi connectivity index (χ1n) is 11.9. The van der Waals surface area contributed by atoms with E-state index in [0.29, 0.717) is 46.0 Å². The minimum atomic E-state index is -0.304. The molecule has 6 rings (SSSR count). The Morgan fingerprint density at radius 2 is 1.86 bits per heavy atom. The summed E-state index contributed by atoms with van der Waals surface area (Å²) in [7, 11) is 0. The van der Waals surface area contributed by atoms with Crippen molar-refractivity contribution < 1.29 is 9.18 Å². The van der Waals surface area contributed by atoms with E-state index in [0.717, 1.165) is 28.4 Å². The summed E-state index contributed by atoms with van der Waals surface area (Å²) < 4.78 is 14.5. The number of aromatic amines is 2. The van der Waals surface area contributed by atoms with Crippen LogP contribution in [0.25, 0.3) is 55.8 Å². The summed E-state index contributed by atoms with van der Waals surface area (Å²) in [5.74, 6) is 0.199. The van der Waals surface area contributed by atoms with Gasteiger partial charge in [0.1, 0.15) is 11.5 Å². The van der Waals surface area contributed by atoms with Crippen molar-refractivity contribution in [2.24, 2.45) is 0 Å². The number of carbonyl (C=O) groups is 1. The van der Waals surface area contributed by atoms with Crippen LogP contribution < -0.4 is 5.32 Å². The van der Waals surface area contributed by atoms with Gasteiger partial charge in [0.2, 0.25) is 5.91 Å². The van der Waals surface area contributed by atoms with Gasteiger partial charge in [0.05, 0.1) is 40.3 Å². The van der Waals surface area contributed by atoms with Crippen molar-refractivity contribution in [1.82, 2.24) is 30.1 Å². The maximum absolute atomic E-state index is 14.5. The van der Waals surface area contributed by atoms with Crippen molar-refractivity contribution in [3.05, 3.63) is 79.0 Å². The first-order chi connectivity index (χ1) is 18.1. The summed E-state index contributed by atoms with van der Waals surface area (Å²) in [5, 5.41) is 11.2. The number of aromatic nitrogens is 6. The number of amides is 1. The normalized spacial score (nSPS) is 11.3. The van der Waals surface area contributed by atoms with E-state index in [1.807, 2.05) is 37.3 Å². The summed E-state index contributed by atoms with van der Waals surface area (Å²) in [6.45, 7) is 1.96. The standard InChI is InChI=1S/C28H22FN7O/c1-2-6-25(37)32-17-11-16(13-30-14-17)23-12-20-24(15-31-23)35-36-27(20)28-33-22-10-5-8-19(26(22)34-28)18-7-3-4-9-21(18)29/h3-5,7-15H,2,6H2,1H3,(H,32,37)(H,33,34)(H,35,36). The first kappa shape index (κ1) is 22.5. The van der Waals surface area contributed by atoms with Gasteiger partial charge in [0.25, 0.3) is 0 Å². The molecule has 182 valence electrons. The van der Waals surface area contributed by atoms with Crippen LogP contribution in [0.1, 0.15) is 19.8 Å². The molecule has 0 spiro atoms. The monoisotopic (exact) mass is 491 g/mol. The average Bonchev–Trinajstić information content (AvgIpc) is 3.53. The molecule has 37 heavy (non-hydrogen) atoms. The Morgan fingerprint density at radius 1 is 1.00 bits per heavy atom. The van der Waals surface area contributed by atoms with Crippen LogP contribution in [0.3, 0.4) is 0 Å². The molecule has 1 amide bonds. The van der Waals surface area contributed by atoms with E-state index in [2.05, 4.69) is 30.5 Å². The van der Waals surface area contributed by atoms with Crippen LogP contribution in [0, 0.1) is 5.82 Å². The number of imidazole rings is 1. The number of nitrogens with zero attached hydrogens (tertiary/aromatic N) is 4. The molecule has 6 aromatic rings. The SMILES string of the molecule is CCCC(=O)Nc1cncc(-c2cc3c(-c4nc5c(-c6ccccc6F)cccc5[nH]4)n[nH]c3cn2)c1. The third kappa shape index (κ3) is 4.20. The Kier molecular flexibility index (Phi) is 5.65. The van der Waals surface area contributed by atoms with E-state index in [1.165, 1.54) is 6.07 Å². The van der Waals surface area contributed by atoms with Crippen LogP contribution in [-0.2, 0) is 4.79 Å². The number of nitrogens with one attached hydrogen (secondary N) is 3. The number of para-hydroxylation sites is 1. The highest BCUT2D eigenvalue weighted by atomic mass is 19.1. The highest BCUT2D eigenvalue weighted by molar-refractivity contribution is 5.98. The lowest BCUT2D eigenvalue weighted by Crippen LogP contribution is -2.10. The second kappa shape index (κ2) is 9.27. The number of rotatable bonds is 6. The zero-order valence-corrected chi connectivity index (χ0v) is 19.9. The highest BCUT2D eigenvalue weighted by Gasteiger charge is 2.17. The van der Waals surface area contributed by atoms with E-state index in [1.54, 1.807) is 36.8 Å². The lowest BCUT2D eigenvalue weighted by Gasteiger charge is -2.06. The van der Waals surface area contributed by atoms with Crippen molar-refractivity contribution >= 4 is 33.5 Å². The fourth-order valence-corrected chi connectivity index (χ4v) is 4.40. The molecule has 2 aromatic carbocycles. The summed E-state index contributed by atoms with van der Waals surface area (Å²) >= 11 is 0. The molecule has 0 aliphatic carbocycles. The fourth-order valence-electron chi connectivity index (χ4n) is 4.40. The van der Waals surface area contributed by atoms with Crippen LogP contribution in [0.5, 0.6) is 0 Å². The van der Waals surface area contributed by atoms with Gasteiger partial charge in [-0.05, 0) is 30.7 Å². The van der Waals surface area contributed by atoms with Gasteiger partial charge in [-0.25, -0.2) is 9.37 Å². The van der Waals surface area contributed by atoms with Crippen molar-refractivity contribution in [2.75, 3.05) is 5.32 Å². The molecule has 0 radical (unpaired) electrons. The molecule has 8 nitrogen and oxygen atoms in total. The molecule has 0 unspecified atom stereocenters. The molecular weight excluding hydrogens is 469 g/mol. The molecule has 0 atom stereocenters. The summed E-state index contributed by atoms with van der Waals surface area (Å²) in [6.07, 6.45) is 6.23. The maximum atomic E-state index is 14.5. The third-order valence-electron chi connectivity index (χ3n) is 6.14. The van der Waals surface area contributed by atoms with Gasteiger partial charge in [0.15, 0.2) is 5.82 Å². The quantitative estimate of drug-likeness (QED) is 0.260. The number of halogens is 1. The maximum Gasteiger partial charge on any atom is 0.224 e. The number of anilines is 1. The van der Waals surface area contributed by atoms with Gasteiger partial charge in [-0.1, -0.05) is 37.3 Å². The zero-order chi connectivity index (χ0) is 25.4. The molecule has 9 heteroatoms. The predicted molar refractivity (Wildman–Crippen MR) is 141 cm³/mol. The highest BCUT2D eigenvalue weighted by Crippen LogP contribution is 2.33. The Labute approximate surface area is 211 Å². The summed E-state index contributed by atoms with van der Waals surface area (Å²) in [4.78, 5) is 29.0. The van der Waals surface area contributed by atoms with Gasteiger partial charge in [0, 0.05) is 34.7 Å². The van der Waals surface area contributed by atoms with Crippen LogP contribution >= 0.6 is 0 Å². The number of pyridine rings is 2. The van der Waals surface area contributed by atoms with E-state index < -0.39 is 0 Å². The van der Waals surface area contributed by atoms with Gasteiger partial charge < -0.3 is 10.3 Å². The minimum absolute atomic E-state index is 0.0541. The summed E-state index contributed by atoms with van der Waals surface area (Å²) in [6, 6.07) is 16.0. The van der Waals surface area contributed by atoms with Crippen molar-refractivity contribution in [1.29, 1.82) is 0 Å². The third-order valence-corrected chi connectivity index (χ3v) is 6.14. The second-order valence-electron chi connectivity index (χ2n) is 8.71. The van der Waals surface area contributed by atoms with Crippen LogP contribution in [-0.4, -0.2) is 36.0 Å². The Bertz CT molecular complexity index is 1770. The molecule has 0 fully saturated rings. The number of carbonyl (C=O) groups excluding carboxylic acids is 1. The average molecular weight is 492 g/mol. The number of fused-ring (bicyclic) bond motifs is 2. The van der Waals surface area contributed by atoms with E-state index in [-0.39, 0.29) is 11.7 Å². The van der Waals surface area contributed by atoms with Crippen molar-refractivity contribution in [3.63, 3.8) is 0 Å². The number of hydrogen-bond acceptors (Lipinski definition) is 5. The topological polar surface area (TPSA) is 112 Å². The molecule has 0 bridgehead atoms. The smallest absolute Gasteiger partial charge is 0.224 e. The zero-order valence-electron chi connectivity index (χ0n) is 19.9. The van der Waals surface area contributed by atoms with Crippen LogP contribution in [0.2, 0.25) is 0 Å². The van der Waals surface area contributed by atoms with E-state index >= 15 is 0 Å². The van der Waals surface area contributed by atoms with Crippen molar-refractivity contribution in [2.45, 2.75) is 19.8 Å². The van der Waals surface area contributed by atoms with Gasteiger partial charge in [-0.15, -0.1) is 0 Å². The number of H-pyrrole nitrogens is 2. The largest absolute Gasteiger partial charge is 0.337 e. The van der Waals surface area contributed by atoms with E-state index in [4.69, 9.17) is 4.98 Å². The Morgan fingerprint density at radius 3 is 2.73 bits per heavy atom. The second-order valence-corrected chi connectivity index (χ2v) is 8.71. The Balaban J connectivity index is 1.41. The van der Waals surface area contributed by atoms with Gasteiger partial charge in [-0.3, -0.25) is 19.9 Å². The Hall–Kier alpha value is -4.92. The molecule has 0 saturated carbocycles. The molecule has 0 aliphatic rings. The molecule has 3 N–H and O–H groups in total. The lowest BCUT2D eigenvalue weighted by atomic mass is 10.0. The van der Waals surface area contributed by atoms with Crippen LogP contribution in [0.15, 0.2) is 73.2 Å². The molecule has 4 aromatic heterocycles. The van der Waals surface area contributed by atoms with E-state index in [9.17, 15) is 9.18 Å². The fraction of sp³-hybridized carbons (Fsp3) is 0.107. The van der Waals surface area contributed by atoms with Crippen LogP contribution in [0.4, 0.5) is 10.1 Å². The summed E-state index contributed by atoms with van der Waals surface area (Å²) in [5.41, 5.74) is 6.05. The number of benzene rings is 2. The van der Waals surface area contributed by atoms with Gasteiger partial charge in [-0.2, -0.15) is 5.10 Å². The number of hydrogen-bond donors (Lipinski definition) is 3. The molecule has 4 heterocycles. The molecular formula is C28H22FN7O. The van der Waals surface area contributed by atoms with Gasteiger partial charge >= 0.3 is 0 Å². The molecule has 0 saturated heterocycles. The lowest BCUT2D eigenvalue weighted by molar-refractivity contribution is -0.116. The first-order valence-corrected chi connectivity index (χ1v) is 11.9. The predicted octanol–water partition coefficient (Wildman–Crippen LogP) is 6.11. The molecule has 0 aliphatic heterocycles.